The van der Waals surface area contributed by atoms with Gasteiger partial charge in [-0.1, -0.05) is 66.2 Å². The molecule has 0 saturated heterocycles. The summed E-state index contributed by atoms with van der Waals surface area (Å²) in [5, 5.41) is 3.80. The zero-order valence-electron chi connectivity index (χ0n) is 24.6. The first-order chi connectivity index (χ1) is 20.5. The van der Waals surface area contributed by atoms with Gasteiger partial charge in [0, 0.05) is 17.5 Å². The van der Waals surface area contributed by atoms with Gasteiger partial charge in [-0.3, -0.25) is 13.9 Å². The van der Waals surface area contributed by atoms with E-state index >= 15 is 0 Å². The number of benzene rings is 3. The minimum absolute atomic E-state index is 0.0409. The molecular formula is C32H37Cl2N3O4S2. The Hall–Kier alpha value is -2.72. The van der Waals surface area contributed by atoms with Crippen molar-refractivity contribution in [2.24, 2.45) is 0 Å². The number of aryl methyl sites for hydroxylation is 1. The van der Waals surface area contributed by atoms with Crippen LogP contribution >= 0.6 is 35.0 Å². The van der Waals surface area contributed by atoms with Crippen LogP contribution in [-0.2, 0) is 26.2 Å². The van der Waals surface area contributed by atoms with Crippen LogP contribution in [0.15, 0.2) is 76.5 Å². The summed E-state index contributed by atoms with van der Waals surface area (Å²) < 4.78 is 29.1. The number of sulfonamides is 1. The number of hydrogen-bond donors (Lipinski definition) is 1. The summed E-state index contributed by atoms with van der Waals surface area (Å²) in [4.78, 5) is 30.0. The number of amides is 2. The standard InChI is InChI=1S/C32H37Cl2N3O4S2/c1-22-9-12-26(13-10-22)37(43(40,41)28-16-14-27(42-3)15-17-28)21-31(38)36(20-24-11-18-29(33)30(34)19-24)23(2)32(39)35-25-7-5-4-6-8-25/h9-19,23,25H,4-8,20-21H2,1-3H3,(H,35,39). The van der Waals surface area contributed by atoms with Crippen LogP contribution in [-0.4, -0.2) is 50.0 Å². The highest BCUT2D eigenvalue weighted by Crippen LogP contribution is 2.28. The first-order valence-corrected chi connectivity index (χ1v) is 17.7. The van der Waals surface area contributed by atoms with Crippen LogP contribution in [0.2, 0.25) is 10.0 Å². The molecule has 1 aliphatic carbocycles. The van der Waals surface area contributed by atoms with Gasteiger partial charge in [0.25, 0.3) is 10.0 Å². The van der Waals surface area contributed by atoms with Crippen molar-refractivity contribution in [2.45, 2.75) is 74.4 Å². The van der Waals surface area contributed by atoms with Gasteiger partial charge in [-0.15, -0.1) is 11.8 Å². The molecule has 1 saturated carbocycles. The lowest BCUT2D eigenvalue weighted by Crippen LogP contribution is -2.53. The fourth-order valence-corrected chi connectivity index (χ4v) is 7.24. The van der Waals surface area contributed by atoms with E-state index in [0.29, 0.717) is 21.3 Å². The van der Waals surface area contributed by atoms with Gasteiger partial charge in [0.05, 0.1) is 20.6 Å². The number of carbonyl (C=O) groups excluding carboxylic acids is 2. The van der Waals surface area contributed by atoms with Crippen molar-refractivity contribution in [2.75, 3.05) is 17.1 Å². The van der Waals surface area contributed by atoms with Gasteiger partial charge in [-0.05, 0) is 87.0 Å². The Bertz CT molecular complexity index is 1530. The fraction of sp³-hybridized carbons (Fsp3) is 0.375. The zero-order chi connectivity index (χ0) is 31.1. The number of rotatable bonds is 11. The highest BCUT2D eigenvalue weighted by molar-refractivity contribution is 7.98. The Labute approximate surface area is 269 Å². The van der Waals surface area contributed by atoms with Gasteiger partial charge < -0.3 is 10.2 Å². The monoisotopic (exact) mass is 661 g/mol. The van der Waals surface area contributed by atoms with Gasteiger partial charge in [0.15, 0.2) is 0 Å². The van der Waals surface area contributed by atoms with E-state index in [2.05, 4.69) is 5.32 Å². The molecule has 3 aromatic rings. The zero-order valence-corrected chi connectivity index (χ0v) is 27.7. The Balaban J connectivity index is 1.68. The van der Waals surface area contributed by atoms with E-state index in [-0.39, 0.29) is 23.4 Å². The van der Waals surface area contributed by atoms with E-state index in [1.54, 1.807) is 73.7 Å². The molecule has 43 heavy (non-hydrogen) atoms. The second-order valence-corrected chi connectivity index (χ2v) is 14.4. The predicted octanol–water partition coefficient (Wildman–Crippen LogP) is 7.09. The van der Waals surface area contributed by atoms with Crippen molar-refractivity contribution in [3.05, 3.63) is 87.9 Å². The molecule has 0 bridgehead atoms. The Morgan fingerprint density at radius 3 is 2.21 bits per heavy atom. The van der Waals surface area contributed by atoms with Crippen LogP contribution in [0.1, 0.15) is 50.2 Å². The number of nitrogens with one attached hydrogen (secondary N) is 1. The second-order valence-electron chi connectivity index (χ2n) is 10.8. The smallest absolute Gasteiger partial charge is 0.264 e. The first kappa shape index (κ1) is 33.2. The van der Waals surface area contributed by atoms with Crippen LogP contribution in [0.3, 0.4) is 0 Å². The molecule has 0 heterocycles. The molecule has 1 fully saturated rings. The summed E-state index contributed by atoms with van der Waals surface area (Å²) in [6.07, 6.45) is 6.95. The number of thioether (sulfide) groups is 1. The van der Waals surface area contributed by atoms with Crippen molar-refractivity contribution < 1.29 is 18.0 Å². The van der Waals surface area contributed by atoms with Crippen LogP contribution in [0.25, 0.3) is 0 Å². The summed E-state index contributed by atoms with van der Waals surface area (Å²) in [7, 11) is -4.14. The lowest BCUT2D eigenvalue weighted by Gasteiger charge is -2.33. The van der Waals surface area contributed by atoms with Crippen LogP contribution in [0, 0.1) is 6.92 Å². The van der Waals surface area contributed by atoms with Crippen molar-refractivity contribution >= 4 is 62.5 Å². The number of halogens is 2. The molecule has 0 aliphatic heterocycles. The molecule has 1 N–H and O–H groups in total. The lowest BCUT2D eigenvalue weighted by atomic mass is 9.95. The van der Waals surface area contributed by atoms with Crippen LogP contribution in [0.5, 0.6) is 0 Å². The van der Waals surface area contributed by atoms with Crippen molar-refractivity contribution in [1.82, 2.24) is 10.2 Å². The average molecular weight is 663 g/mol. The summed E-state index contributed by atoms with van der Waals surface area (Å²) in [6.45, 7) is 3.11. The predicted molar refractivity (Wildman–Crippen MR) is 175 cm³/mol. The van der Waals surface area contributed by atoms with Crippen molar-refractivity contribution in [3.8, 4) is 0 Å². The van der Waals surface area contributed by atoms with Gasteiger partial charge in [-0.25, -0.2) is 8.42 Å². The number of hydrogen-bond acceptors (Lipinski definition) is 5. The minimum atomic E-state index is -4.14. The van der Waals surface area contributed by atoms with Gasteiger partial charge in [0.1, 0.15) is 12.6 Å². The maximum absolute atomic E-state index is 14.1. The first-order valence-electron chi connectivity index (χ1n) is 14.3. The third-order valence-corrected chi connectivity index (χ3v) is 11.0. The van der Waals surface area contributed by atoms with E-state index < -0.39 is 28.5 Å². The van der Waals surface area contributed by atoms with Crippen molar-refractivity contribution in [3.63, 3.8) is 0 Å². The summed E-state index contributed by atoms with van der Waals surface area (Å²) >= 11 is 13.9. The molecule has 230 valence electrons. The summed E-state index contributed by atoms with van der Waals surface area (Å²) in [6, 6.07) is 17.7. The third kappa shape index (κ3) is 8.47. The molecule has 7 nitrogen and oxygen atoms in total. The van der Waals surface area contributed by atoms with Crippen molar-refractivity contribution in [1.29, 1.82) is 0 Å². The van der Waals surface area contributed by atoms with E-state index in [1.165, 1.54) is 16.7 Å². The highest BCUT2D eigenvalue weighted by Gasteiger charge is 2.33. The molecule has 0 aromatic heterocycles. The molecule has 0 radical (unpaired) electrons. The largest absolute Gasteiger partial charge is 0.352 e. The van der Waals surface area contributed by atoms with E-state index in [1.807, 2.05) is 13.2 Å². The molecule has 4 rings (SSSR count). The van der Waals surface area contributed by atoms with Gasteiger partial charge in [0.2, 0.25) is 11.8 Å². The van der Waals surface area contributed by atoms with Gasteiger partial charge >= 0.3 is 0 Å². The normalized spacial score (nSPS) is 14.6. The molecule has 1 aliphatic rings. The molecule has 1 atom stereocenters. The molecule has 0 spiro atoms. The Morgan fingerprint density at radius 1 is 0.953 bits per heavy atom. The summed E-state index contributed by atoms with van der Waals surface area (Å²) in [5.41, 5.74) is 1.96. The van der Waals surface area contributed by atoms with E-state index in [0.717, 1.165) is 46.9 Å². The number of anilines is 1. The molecule has 11 heteroatoms. The van der Waals surface area contributed by atoms with Crippen LogP contribution < -0.4 is 9.62 Å². The van der Waals surface area contributed by atoms with Crippen LogP contribution in [0.4, 0.5) is 5.69 Å². The van der Waals surface area contributed by atoms with E-state index in [9.17, 15) is 18.0 Å². The second kappa shape index (κ2) is 14.8. The van der Waals surface area contributed by atoms with Gasteiger partial charge in [-0.2, -0.15) is 0 Å². The Morgan fingerprint density at radius 2 is 1.60 bits per heavy atom. The highest BCUT2D eigenvalue weighted by atomic mass is 35.5. The molecule has 1 unspecified atom stereocenters. The maximum Gasteiger partial charge on any atom is 0.264 e. The average Bonchev–Trinajstić information content (AvgIpc) is 3.01. The maximum atomic E-state index is 14.1. The molecule has 2 amide bonds. The molecular weight excluding hydrogens is 625 g/mol. The number of nitrogens with zero attached hydrogens (tertiary/aromatic N) is 2. The molecule has 3 aromatic carbocycles. The number of carbonyl (C=O) groups is 2. The lowest BCUT2D eigenvalue weighted by molar-refractivity contribution is -0.139. The quantitative estimate of drug-likeness (QED) is 0.222. The minimum Gasteiger partial charge on any atom is -0.352 e. The summed E-state index contributed by atoms with van der Waals surface area (Å²) in [5.74, 6) is -0.806. The topological polar surface area (TPSA) is 86.8 Å². The Kier molecular flexibility index (Phi) is 11.5. The SMILES string of the molecule is CSc1ccc(S(=O)(=O)N(CC(=O)N(Cc2ccc(Cl)c(Cl)c2)C(C)C(=O)NC2CCCCC2)c2ccc(C)cc2)cc1. The van der Waals surface area contributed by atoms with E-state index in [4.69, 9.17) is 23.2 Å². The third-order valence-electron chi connectivity index (χ3n) is 7.70. The fourth-order valence-electron chi connectivity index (χ4n) is 5.10.